The molecular formula is C15H24F2N2O. The van der Waals surface area contributed by atoms with E-state index in [2.05, 4.69) is 24.1 Å². The van der Waals surface area contributed by atoms with Crippen molar-refractivity contribution in [1.29, 1.82) is 0 Å². The van der Waals surface area contributed by atoms with E-state index in [-0.39, 0.29) is 6.04 Å². The Morgan fingerprint density at radius 1 is 1.20 bits per heavy atom. The van der Waals surface area contributed by atoms with Gasteiger partial charge in [-0.1, -0.05) is 19.9 Å². The second-order valence-corrected chi connectivity index (χ2v) is 4.98. The third kappa shape index (κ3) is 5.15. The fraction of sp³-hybridized carbons (Fsp3) is 0.600. The van der Waals surface area contributed by atoms with Crippen molar-refractivity contribution in [2.24, 2.45) is 0 Å². The molecule has 2 atom stereocenters. The lowest BCUT2D eigenvalue weighted by Crippen LogP contribution is -2.40. The van der Waals surface area contributed by atoms with Crippen LogP contribution in [0.25, 0.3) is 0 Å². The summed E-state index contributed by atoms with van der Waals surface area (Å²) in [7, 11) is 0. The van der Waals surface area contributed by atoms with Crippen LogP contribution < -0.4 is 5.32 Å². The predicted molar refractivity (Wildman–Crippen MR) is 76.6 cm³/mol. The Balaban J connectivity index is 2.46. The van der Waals surface area contributed by atoms with Gasteiger partial charge in [-0.2, -0.15) is 0 Å². The van der Waals surface area contributed by atoms with Crippen LogP contribution in [0.5, 0.6) is 0 Å². The van der Waals surface area contributed by atoms with Gasteiger partial charge in [-0.3, -0.25) is 0 Å². The molecule has 1 aromatic carbocycles. The Hall–Kier alpha value is -1.04. The number of nitrogens with one attached hydrogen (secondary N) is 1. The zero-order valence-corrected chi connectivity index (χ0v) is 12.4. The summed E-state index contributed by atoms with van der Waals surface area (Å²) < 4.78 is 25.9. The standard InChI is InChI=1S/C15H24F2N2O/c1-4-19(5-2)10-11(3)18-9-15(20)12-6-7-13(16)14(17)8-12/h6-8,11,15,18,20H,4-5,9-10H2,1-3H3. The highest BCUT2D eigenvalue weighted by atomic mass is 19.2. The molecule has 0 bridgehead atoms. The first kappa shape index (κ1) is 17.0. The van der Waals surface area contributed by atoms with Gasteiger partial charge in [0.05, 0.1) is 6.10 Å². The molecule has 1 rings (SSSR count). The molecule has 0 saturated heterocycles. The minimum absolute atomic E-state index is 0.217. The molecule has 0 spiro atoms. The normalized spacial score (nSPS) is 14.6. The molecule has 20 heavy (non-hydrogen) atoms. The maximum atomic E-state index is 13.1. The molecule has 0 aliphatic heterocycles. The van der Waals surface area contributed by atoms with Gasteiger partial charge in [0.25, 0.3) is 0 Å². The van der Waals surface area contributed by atoms with E-state index in [1.165, 1.54) is 6.07 Å². The number of aliphatic hydroxyl groups excluding tert-OH is 1. The van der Waals surface area contributed by atoms with Crippen LogP contribution in [0.1, 0.15) is 32.4 Å². The van der Waals surface area contributed by atoms with Crippen LogP contribution in [0.3, 0.4) is 0 Å². The lowest BCUT2D eigenvalue weighted by Gasteiger charge is -2.24. The van der Waals surface area contributed by atoms with Gasteiger partial charge in [-0.25, -0.2) is 8.78 Å². The molecule has 0 heterocycles. The SMILES string of the molecule is CCN(CC)CC(C)NCC(O)c1ccc(F)c(F)c1. The minimum atomic E-state index is -0.933. The fourth-order valence-electron chi connectivity index (χ4n) is 2.08. The van der Waals surface area contributed by atoms with E-state index in [1.807, 2.05) is 6.92 Å². The Morgan fingerprint density at radius 3 is 2.40 bits per heavy atom. The lowest BCUT2D eigenvalue weighted by atomic mass is 10.1. The molecule has 0 aliphatic rings. The highest BCUT2D eigenvalue weighted by molar-refractivity contribution is 5.20. The third-order valence-electron chi connectivity index (χ3n) is 3.41. The van der Waals surface area contributed by atoms with Gasteiger partial charge >= 0.3 is 0 Å². The van der Waals surface area contributed by atoms with Crippen molar-refractivity contribution in [1.82, 2.24) is 10.2 Å². The van der Waals surface area contributed by atoms with Crippen molar-refractivity contribution < 1.29 is 13.9 Å². The third-order valence-corrected chi connectivity index (χ3v) is 3.41. The highest BCUT2D eigenvalue weighted by Gasteiger charge is 2.13. The summed E-state index contributed by atoms with van der Waals surface area (Å²) in [4.78, 5) is 2.28. The smallest absolute Gasteiger partial charge is 0.159 e. The summed E-state index contributed by atoms with van der Waals surface area (Å²) in [5.74, 6) is -1.83. The number of nitrogens with zero attached hydrogens (tertiary/aromatic N) is 1. The zero-order valence-electron chi connectivity index (χ0n) is 12.4. The molecule has 2 N–H and O–H groups in total. The largest absolute Gasteiger partial charge is 0.387 e. The van der Waals surface area contributed by atoms with Gasteiger partial charge in [-0.05, 0) is 37.7 Å². The molecule has 0 amide bonds. The molecule has 3 nitrogen and oxygen atoms in total. The number of hydrogen-bond acceptors (Lipinski definition) is 3. The van der Waals surface area contributed by atoms with E-state index in [0.717, 1.165) is 31.8 Å². The second kappa shape index (κ2) is 8.29. The van der Waals surface area contributed by atoms with Crippen LogP contribution in [0.15, 0.2) is 18.2 Å². The summed E-state index contributed by atoms with van der Waals surface area (Å²) in [6, 6.07) is 3.69. The average molecular weight is 286 g/mol. The first-order chi connectivity index (χ1) is 9.47. The van der Waals surface area contributed by atoms with E-state index in [0.29, 0.717) is 12.1 Å². The minimum Gasteiger partial charge on any atom is -0.387 e. The number of rotatable bonds is 8. The van der Waals surface area contributed by atoms with Gasteiger partial charge < -0.3 is 15.3 Å². The molecule has 2 unspecified atom stereocenters. The Kier molecular flexibility index (Phi) is 7.05. The summed E-state index contributed by atoms with van der Waals surface area (Å²) in [5.41, 5.74) is 0.381. The Morgan fingerprint density at radius 2 is 1.85 bits per heavy atom. The average Bonchev–Trinajstić information content (AvgIpc) is 2.45. The maximum Gasteiger partial charge on any atom is 0.159 e. The zero-order chi connectivity index (χ0) is 15.1. The molecule has 0 aromatic heterocycles. The van der Waals surface area contributed by atoms with Gasteiger partial charge in [0, 0.05) is 19.1 Å². The maximum absolute atomic E-state index is 13.1. The van der Waals surface area contributed by atoms with Crippen molar-refractivity contribution in [3.63, 3.8) is 0 Å². The fourth-order valence-corrected chi connectivity index (χ4v) is 2.08. The number of likely N-dealkylation sites (N-methyl/N-ethyl adjacent to an activating group) is 1. The summed E-state index contributed by atoms with van der Waals surface area (Å²) in [5, 5.41) is 13.2. The van der Waals surface area contributed by atoms with Gasteiger partial charge in [0.2, 0.25) is 0 Å². The van der Waals surface area contributed by atoms with Gasteiger partial charge in [-0.15, -0.1) is 0 Å². The lowest BCUT2D eigenvalue weighted by molar-refractivity contribution is 0.164. The van der Waals surface area contributed by atoms with E-state index in [1.54, 1.807) is 0 Å². The monoisotopic (exact) mass is 286 g/mol. The molecule has 0 radical (unpaired) electrons. The molecule has 114 valence electrons. The van der Waals surface area contributed by atoms with Crippen molar-refractivity contribution >= 4 is 0 Å². The summed E-state index contributed by atoms with van der Waals surface area (Å²) in [6.07, 6.45) is -0.843. The number of hydrogen-bond donors (Lipinski definition) is 2. The Bertz CT molecular complexity index is 411. The first-order valence-corrected chi connectivity index (χ1v) is 7.06. The van der Waals surface area contributed by atoms with E-state index in [9.17, 15) is 13.9 Å². The molecule has 1 aromatic rings. The van der Waals surface area contributed by atoms with Crippen molar-refractivity contribution in [2.45, 2.75) is 32.9 Å². The quantitative estimate of drug-likeness (QED) is 0.770. The van der Waals surface area contributed by atoms with Gasteiger partial charge in [0.1, 0.15) is 0 Å². The van der Waals surface area contributed by atoms with Crippen LogP contribution in [-0.4, -0.2) is 42.2 Å². The molecule has 0 aliphatic carbocycles. The van der Waals surface area contributed by atoms with Crippen molar-refractivity contribution in [3.8, 4) is 0 Å². The first-order valence-electron chi connectivity index (χ1n) is 7.06. The van der Waals surface area contributed by atoms with E-state index >= 15 is 0 Å². The predicted octanol–water partition coefficient (Wildman–Crippen LogP) is 2.32. The molecule has 0 saturated carbocycles. The molecule has 0 fully saturated rings. The molecular weight excluding hydrogens is 262 g/mol. The van der Waals surface area contributed by atoms with Crippen molar-refractivity contribution in [3.05, 3.63) is 35.4 Å². The topological polar surface area (TPSA) is 35.5 Å². The number of aliphatic hydroxyl groups is 1. The number of halogens is 2. The summed E-state index contributed by atoms with van der Waals surface area (Å²) >= 11 is 0. The van der Waals surface area contributed by atoms with Crippen LogP contribution in [0.2, 0.25) is 0 Å². The van der Waals surface area contributed by atoms with Crippen LogP contribution in [-0.2, 0) is 0 Å². The van der Waals surface area contributed by atoms with Gasteiger partial charge in [0.15, 0.2) is 11.6 Å². The highest BCUT2D eigenvalue weighted by Crippen LogP contribution is 2.15. The number of benzene rings is 1. The van der Waals surface area contributed by atoms with Crippen molar-refractivity contribution in [2.75, 3.05) is 26.2 Å². The second-order valence-electron chi connectivity index (χ2n) is 4.98. The van der Waals surface area contributed by atoms with E-state index in [4.69, 9.17) is 0 Å². The van der Waals surface area contributed by atoms with Crippen LogP contribution >= 0.6 is 0 Å². The van der Waals surface area contributed by atoms with Crippen LogP contribution in [0.4, 0.5) is 8.78 Å². The van der Waals surface area contributed by atoms with E-state index < -0.39 is 17.7 Å². The molecule has 5 heteroatoms. The van der Waals surface area contributed by atoms with Crippen LogP contribution in [0, 0.1) is 11.6 Å². The summed E-state index contributed by atoms with van der Waals surface area (Å²) in [6.45, 7) is 9.41. The Labute approximate surface area is 119 Å².